The molecule has 1 heterocycles. The van der Waals surface area contributed by atoms with E-state index < -0.39 is 0 Å². The van der Waals surface area contributed by atoms with Crippen molar-refractivity contribution in [1.29, 1.82) is 0 Å². The van der Waals surface area contributed by atoms with Gasteiger partial charge in [0, 0.05) is 24.2 Å². The molecule has 1 aliphatic heterocycles. The van der Waals surface area contributed by atoms with E-state index in [0.29, 0.717) is 5.02 Å². The molecule has 4 heteroatoms. The smallest absolute Gasteiger partial charge is 0.229 e. The lowest BCUT2D eigenvalue weighted by Crippen LogP contribution is -2.44. The topological polar surface area (TPSA) is 46.3 Å². The van der Waals surface area contributed by atoms with Crippen LogP contribution in [0.5, 0.6) is 0 Å². The van der Waals surface area contributed by atoms with Crippen molar-refractivity contribution >= 4 is 17.5 Å². The first-order valence-corrected chi connectivity index (χ1v) is 6.75. The number of nitrogens with two attached hydrogens (primary N) is 1. The van der Waals surface area contributed by atoms with Gasteiger partial charge in [-0.15, -0.1) is 0 Å². The van der Waals surface area contributed by atoms with Gasteiger partial charge in [-0.25, -0.2) is 0 Å². The maximum Gasteiger partial charge on any atom is 0.229 e. The summed E-state index contributed by atoms with van der Waals surface area (Å²) in [6.07, 6.45) is 1.79. The zero-order chi connectivity index (χ0) is 13.1. The molecule has 1 fully saturated rings. The van der Waals surface area contributed by atoms with Crippen molar-refractivity contribution in [2.75, 3.05) is 13.1 Å². The number of rotatable bonds is 2. The van der Waals surface area contributed by atoms with Gasteiger partial charge in [-0.3, -0.25) is 4.79 Å². The van der Waals surface area contributed by atoms with Crippen LogP contribution in [0.3, 0.4) is 0 Å². The highest BCUT2D eigenvalue weighted by molar-refractivity contribution is 6.30. The molecule has 1 amide bonds. The molecule has 0 radical (unpaired) electrons. The number of likely N-dealkylation sites (tertiary alicyclic amines) is 1. The minimum atomic E-state index is -0.141. The standard InChI is InChI=1S/C14H19ClN2O/c1-10(11-3-2-4-12(15)9-11)14(18)17-7-5-13(16)6-8-17/h2-4,9-10,13H,5-8,16H2,1H3. The summed E-state index contributed by atoms with van der Waals surface area (Å²) in [5, 5.41) is 0.674. The fourth-order valence-corrected chi connectivity index (χ4v) is 2.51. The molecule has 0 aromatic heterocycles. The van der Waals surface area contributed by atoms with Gasteiger partial charge in [0.25, 0.3) is 0 Å². The maximum atomic E-state index is 12.4. The lowest BCUT2D eigenvalue weighted by atomic mass is 9.97. The van der Waals surface area contributed by atoms with Crippen molar-refractivity contribution < 1.29 is 4.79 Å². The van der Waals surface area contributed by atoms with E-state index in [1.54, 1.807) is 0 Å². The van der Waals surface area contributed by atoms with Gasteiger partial charge >= 0.3 is 0 Å². The van der Waals surface area contributed by atoms with E-state index in [4.69, 9.17) is 17.3 Å². The van der Waals surface area contributed by atoms with Crippen molar-refractivity contribution in [1.82, 2.24) is 4.90 Å². The van der Waals surface area contributed by atoms with Gasteiger partial charge in [0.2, 0.25) is 5.91 Å². The molecule has 1 unspecified atom stereocenters. The first kappa shape index (κ1) is 13.4. The van der Waals surface area contributed by atoms with Crippen molar-refractivity contribution in [2.24, 2.45) is 5.73 Å². The number of carbonyl (C=O) groups is 1. The molecular formula is C14H19ClN2O. The first-order valence-electron chi connectivity index (χ1n) is 6.38. The monoisotopic (exact) mass is 266 g/mol. The second kappa shape index (κ2) is 5.72. The van der Waals surface area contributed by atoms with E-state index >= 15 is 0 Å². The van der Waals surface area contributed by atoms with E-state index in [1.807, 2.05) is 36.1 Å². The lowest BCUT2D eigenvalue weighted by Gasteiger charge is -2.32. The summed E-state index contributed by atoms with van der Waals surface area (Å²) in [5.74, 6) is 0.0298. The fraction of sp³-hybridized carbons (Fsp3) is 0.500. The van der Waals surface area contributed by atoms with E-state index in [0.717, 1.165) is 31.5 Å². The number of hydrogen-bond acceptors (Lipinski definition) is 2. The molecule has 0 saturated carbocycles. The highest BCUT2D eigenvalue weighted by atomic mass is 35.5. The Morgan fingerprint density at radius 2 is 2.11 bits per heavy atom. The average Bonchev–Trinajstić information content (AvgIpc) is 2.38. The molecule has 0 aliphatic carbocycles. The second-order valence-electron chi connectivity index (χ2n) is 4.94. The Kier molecular flexibility index (Phi) is 4.25. The minimum Gasteiger partial charge on any atom is -0.342 e. The number of amides is 1. The molecule has 0 bridgehead atoms. The van der Waals surface area contributed by atoms with Crippen LogP contribution in [0.4, 0.5) is 0 Å². The molecule has 1 saturated heterocycles. The summed E-state index contributed by atoms with van der Waals surface area (Å²) >= 11 is 5.96. The van der Waals surface area contributed by atoms with Crippen LogP contribution in [0.2, 0.25) is 5.02 Å². The number of benzene rings is 1. The van der Waals surface area contributed by atoms with Crippen molar-refractivity contribution in [3.63, 3.8) is 0 Å². The summed E-state index contributed by atoms with van der Waals surface area (Å²) in [6.45, 7) is 3.47. The zero-order valence-electron chi connectivity index (χ0n) is 10.6. The van der Waals surface area contributed by atoms with Crippen molar-refractivity contribution in [3.8, 4) is 0 Å². The largest absolute Gasteiger partial charge is 0.342 e. The number of piperidine rings is 1. The van der Waals surface area contributed by atoms with E-state index in [2.05, 4.69) is 0 Å². The summed E-state index contributed by atoms with van der Waals surface area (Å²) < 4.78 is 0. The Morgan fingerprint density at radius 1 is 1.44 bits per heavy atom. The molecule has 1 aromatic rings. The maximum absolute atomic E-state index is 12.4. The molecule has 3 nitrogen and oxygen atoms in total. The molecular weight excluding hydrogens is 248 g/mol. The Hall–Kier alpha value is -1.06. The number of carbonyl (C=O) groups excluding carboxylic acids is 1. The number of nitrogens with zero attached hydrogens (tertiary/aromatic N) is 1. The van der Waals surface area contributed by atoms with Crippen LogP contribution in [0.1, 0.15) is 31.2 Å². The molecule has 0 spiro atoms. The minimum absolute atomic E-state index is 0.141. The van der Waals surface area contributed by atoms with Gasteiger partial charge in [0.1, 0.15) is 0 Å². The van der Waals surface area contributed by atoms with E-state index in [-0.39, 0.29) is 17.9 Å². The first-order chi connectivity index (χ1) is 8.58. The van der Waals surface area contributed by atoms with Gasteiger partial charge in [0.15, 0.2) is 0 Å². The lowest BCUT2D eigenvalue weighted by molar-refractivity contribution is -0.133. The summed E-state index contributed by atoms with van der Waals surface area (Å²) in [4.78, 5) is 14.3. The van der Waals surface area contributed by atoms with Crippen LogP contribution in [0, 0.1) is 0 Å². The molecule has 1 atom stereocenters. The Balaban J connectivity index is 2.04. The predicted molar refractivity (Wildman–Crippen MR) is 73.7 cm³/mol. The number of halogens is 1. The zero-order valence-corrected chi connectivity index (χ0v) is 11.4. The predicted octanol–water partition coefficient (Wildman–Crippen LogP) is 2.39. The van der Waals surface area contributed by atoms with Crippen LogP contribution in [0.25, 0.3) is 0 Å². The third-order valence-electron chi connectivity index (χ3n) is 3.57. The van der Waals surface area contributed by atoms with Crippen LogP contribution >= 0.6 is 11.6 Å². The van der Waals surface area contributed by atoms with Gasteiger partial charge < -0.3 is 10.6 Å². The normalized spacial score (nSPS) is 18.7. The third kappa shape index (κ3) is 3.03. The molecule has 2 N–H and O–H groups in total. The van der Waals surface area contributed by atoms with Gasteiger partial charge in [-0.2, -0.15) is 0 Å². The molecule has 2 rings (SSSR count). The van der Waals surface area contributed by atoms with Crippen molar-refractivity contribution in [3.05, 3.63) is 34.9 Å². The van der Waals surface area contributed by atoms with Crippen LogP contribution in [-0.4, -0.2) is 29.9 Å². The van der Waals surface area contributed by atoms with Crippen molar-refractivity contribution in [2.45, 2.75) is 31.7 Å². The Morgan fingerprint density at radius 3 is 2.72 bits per heavy atom. The molecule has 18 heavy (non-hydrogen) atoms. The third-order valence-corrected chi connectivity index (χ3v) is 3.81. The average molecular weight is 267 g/mol. The highest BCUT2D eigenvalue weighted by Crippen LogP contribution is 2.22. The SMILES string of the molecule is CC(C(=O)N1CCC(N)CC1)c1cccc(Cl)c1. The Bertz CT molecular complexity index is 428. The molecule has 1 aromatic carbocycles. The Labute approximate surface area is 113 Å². The quantitative estimate of drug-likeness (QED) is 0.893. The summed E-state index contributed by atoms with van der Waals surface area (Å²) in [6, 6.07) is 7.76. The fourth-order valence-electron chi connectivity index (χ4n) is 2.31. The highest BCUT2D eigenvalue weighted by Gasteiger charge is 2.25. The van der Waals surface area contributed by atoms with Gasteiger partial charge in [-0.1, -0.05) is 23.7 Å². The molecule has 1 aliphatic rings. The van der Waals surface area contributed by atoms with E-state index in [1.165, 1.54) is 0 Å². The molecule has 98 valence electrons. The van der Waals surface area contributed by atoms with Crippen LogP contribution < -0.4 is 5.73 Å². The second-order valence-corrected chi connectivity index (χ2v) is 5.38. The van der Waals surface area contributed by atoms with E-state index in [9.17, 15) is 4.79 Å². The van der Waals surface area contributed by atoms with Crippen LogP contribution in [0.15, 0.2) is 24.3 Å². The van der Waals surface area contributed by atoms with Gasteiger partial charge in [0.05, 0.1) is 5.92 Å². The summed E-state index contributed by atoms with van der Waals surface area (Å²) in [5.41, 5.74) is 6.82. The number of hydrogen-bond donors (Lipinski definition) is 1. The van der Waals surface area contributed by atoms with Gasteiger partial charge in [-0.05, 0) is 37.5 Å². The van der Waals surface area contributed by atoms with Crippen LogP contribution in [-0.2, 0) is 4.79 Å². The summed E-state index contributed by atoms with van der Waals surface area (Å²) in [7, 11) is 0.